The highest BCUT2D eigenvalue weighted by Crippen LogP contribution is 2.23. The van der Waals surface area contributed by atoms with Crippen LogP contribution in [0, 0.1) is 0 Å². The van der Waals surface area contributed by atoms with Crippen molar-refractivity contribution in [1.29, 1.82) is 0 Å². The number of halogens is 1. The minimum absolute atomic E-state index is 0.629. The molecule has 1 aromatic heterocycles. The first kappa shape index (κ1) is 10.7. The summed E-state index contributed by atoms with van der Waals surface area (Å²) in [4.78, 5) is 4.09. The van der Waals surface area contributed by atoms with Gasteiger partial charge in [0.15, 0.2) is 0 Å². The van der Waals surface area contributed by atoms with Crippen LogP contribution in [0.25, 0.3) is 0 Å². The van der Waals surface area contributed by atoms with E-state index in [1.807, 2.05) is 13.0 Å². The van der Waals surface area contributed by atoms with Gasteiger partial charge in [-0.2, -0.15) is 0 Å². The normalized spacial score (nSPS) is 15.3. The van der Waals surface area contributed by atoms with Gasteiger partial charge in [0, 0.05) is 24.8 Å². The van der Waals surface area contributed by atoms with Gasteiger partial charge in [0.2, 0.25) is 5.88 Å². The van der Waals surface area contributed by atoms with Gasteiger partial charge in [-0.25, -0.2) is 4.98 Å². The number of hydrogen-bond acceptors (Lipinski definition) is 3. The number of ether oxygens (including phenoxy) is 1. The molecule has 0 radical (unpaired) electrons. The summed E-state index contributed by atoms with van der Waals surface area (Å²) in [7, 11) is 0. The molecular weight excluding hydrogens is 212 g/mol. The smallest absolute Gasteiger partial charge is 0.213 e. The second-order valence-electron chi connectivity index (χ2n) is 3.70. The molecule has 0 atom stereocenters. The molecule has 1 N–H and O–H groups in total. The van der Waals surface area contributed by atoms with Crippen LogP contribution in [0.15, 0.2) is 12.3 Å². The third-order valence-electron chi connectivity index (χ3n) is 2.36. The summed E-state index contributed by atoms with van der Waals surface area (Å²) >= 11 is 6.04. The molecule has 1 aliphatic rings. The van der Waals surface area contributed by atoms with Gasteiger partial charge in [-0.15, -0.1) is 0 Å². The quantitative estimate of drug-likeness (QED) is 0.837. The van der Waals surface area contributed by atoms with Crippen LogP contribution >= 0.6 is 11.6 Å². The molecule has 0 spiro atoms. The molecule has 1 fully saturated rings. The standard InChI is InChI=1S/C11H15ClN2O/c1-2-15-11-5-8(10(12)7-14-11)6-13-9-3-4-9/h5,7,9,13H,2-4,6H2,1H3. The Kier molecular flexibility index (Phi) is 3.44. The van der Waals surface area contributed by atoms with E-state index in [0.717, 1.165) is 12.1 Å². The lowest BCUT2D eigenvalue weighted by molar-refractivity contribution is 0.326. The lowest BCUT2D eigenvalue weighted by Gasteiger charge is -2.07. The largest absolute Gasteiger partial charge is 0.478 e. The number of hydrogen-bond donors (Lipinski definition) is 1. The molecule has 1 aliphatic carbocycles. The van der Waals surface area contributed by atoms with Crippen LogP contribution in [0.4, 0.5) is 0 Å². The first-order valence-corrected chi connectivity index (χ1v) is 5.68. The van der Waals surface area contributed by atoms with Crippen molar-refractivity contribution in [3.8, 4) is 5.88 Å². The SMILES string of the molecule is CCOc1cc(CNC2CC2)c(Cl)cn1. The minimum Gasteiger partial charge on any atom is -0.478 e. The van der Waals surface area contributed by atoms with Crippen LogP contribution < -0.4 is 10.1 Å². The number of rotatable bonds is 5. The summed E-state index contributed by atoms with van der Waals surface area (Å²) in [6.45, 7) is 3.37. The van der Waals surface area contributed by atoms with E-state index in [4.69, 9.17) is 16.3 Å². The zero-order chi connectivity index (χ0) is 10.7. The van der Waals surface area contributed by atoms with Crippen LogP contribution in [0.1, 0.15) is 25.3 Å². The second-order valence-corrected chi connectivity index (χ2v) is 4.11. The van der Waals surface area contributed by atoms with Gasteiger partial charge in [0.1, 0.15) is 0 Å². The first-order chi connectivity index (χ1) is 7.29. The van der Waals surface area contributed by atoms with E-state index in [-0.39, 0.29) is 0 Å². The Morgan fingerprint density at radius 1 is 1.60 bits per heavy atom. The zero-order valence-electron chi connectivity index (χ0n) is 8.79. The number of aromatic nitrogens is 1. The van der Waals surface area contributed by atoms with E-state index >= 15 is 0 Å². The van der Waals surface area contributed by atoms with E-state index < -0.39 is 0 Å². The highest BCUT2D eigenvalue weighted by atomic mass is 35.5. The summed E-state index contributed by atoms with van der Waals surface area (Å²) < 4.78 is 5.33. The molecule has 0 bridgehead atoms. The van der Waals surface area contributed by atoms with Crippen LogP contribution in [0.3, 0.4) is 0 Å². The minimum atomic E-state index is 0.629. The molecular formula is C11H15ClN2O. The molecule has 82 valence electrons. The molecule has 3 nitrogen and oxygen atoms in total. The van der Waals surface area contributed by atoms with Gasteiger partial charge in [-0.3, -0.25) is 0 Å². The monoisotopic (exact) mass is 226 g/mol. The molecule has 0 unspecified atom stereocenters. The molecule has 0 amide bonds. The van der Waals surface area contributed by atoms with Gasteiger partial charge in [0.05, 0.1) is 11.6 Å². The third-order valence-corrected chi connectivity index (χ3v) is 2.70. The zero-order valence-corrected chi connectivity index (χ0v) is 9.55. The third kappa shape index (κ3) is 3.08. The van der Waals surface area contributed by atoms with Crippen LogP contribution in [0.5, 0.6) is 5.88 Å². The summed E-state index contributed by atoms with van der Waals surface area (Å²) in [6, 6.07) is 2.59. The molecule has 1 aromatic rings. The Morgan fingerprint density at radius 3 is 3.07 bits per heavy atom. The molecule has 1 saturated carbocycles. The van der Waals surface area contributed by atoms with Gasteiger partial charge in [-0.1, -0.05) is 11.6 Å². The summed E-state index contributed by atoms with van der Waals surface area (Å²) in [5.41, 5.74) is 1.06. The maximum atomic E-state index is 6.04. The summed E-state index contributed by atoms with van der Waals surface area (Å²) in [5, 5.41) is 4.12. The lowest BCUT2D eigenvalue weighted by Crippen LogP contribution is -2.15. The Morgan fingerprint density at radius 2 is 2.40 bits per heavy atom. The van der Waals surface area contributed by atoms with Gasteiger partial charge in [-0.05, 0) is 25.3 Å². The second kappa shape index (κ2) is 4.81. The van der Waals surface area contributed by atoms with Crippen molar-refractivity contribution in [1.82, 2.24) is 10.3 Å². The summed E-state index contributed by atoms with van der Waals surface area (Å²) in [5.74, 6) is 0.648. The van der Waals surface area contributed by atoms with Crippen molar-refractivity contribution in [2.24, 2.45) is 0 Å². The molecule has 0 aromatic carbocycles. The summed E-state index contributed by atoms with van der Waals surface area (Å²) in [6.07, 6.45) is 4.21. The average molecular weight is 227 g/mol. The predicted molar refractivity (Wildman–Crippen MR) is 60.3 cm³/mol. The van der Waals surface area contributed by atoms with Gasteiger partial charge < -0.3 is 10.1 Å². The van der Waals surface area contributed by atoms with Crippen molar-refractivity contribution in [2.75, 3.05) is 6.61 Å². The van der Waals surface area contributed by atoms with Crippen LogP contribution in [0.2, 0.25) is 5.02 Å². The maximum Gasteiger partial charge on any atom is 0.213 e. The Balaban J connectivity index is 2.01. The number of nitrogens with one attached hydrogen (secondary N) is 1. The average Bonchev–Trinajstić information content (AvgIpc) is 3.03. The van der Waals surface area contributed by atoms with Crippen molar-refractivity contribution in [2.45, 2.75) is 32.4 Å². The fraction of sp³-hybridized carbons (Fsp3) is 0.545. The highest BCUT2D eigenvalue weighted by molar-refractivity contribution is 6.31. The van der Waals surface area contributed by atoms with E-state index in [9.17, 15) is 0 Å². The van der Waals surface area contributed by atoms with Gasteiger partial charge in [0.25, 0.3) is 0 Å². The molecule has 15 heavy (non-hydrogen) atoms. The Hall–Kier alpha value is -0.800. The highest BCUT2D eigenvalue weighted by Gasteiger charge is 2.20. The van der Waals surface area contributed by atoms with E-state index in [1.165, 1.54) is 12.8 Å². The number of nitrogens with zero attached hydrogens (tertiary/aromatic N) is 1. The fourth-order valence-corrected chi connectivity index (χ4v) is 1.53. The molecule has 4 heteroatoms. The number of pyridine rings is 1. The Labute approximate surface area is 94.8 Å². The molecule has 2 rings (SSSR count). The van der Waals surface area contributed by atoms with Crippen molar-refractivity contribution >= 4 is 11.6 Å². The van der Waals surface area contributed by atoms with E-state index in [2.05, 4.69) is 10.3 Å². The fourth-order valence-electron chi connectivity index (χ4n) is 1.36. The molecule has 0 aliphatic heterocycles. The van der Waals surface area contributed by atoms with Crippen molar-refractivity contribution < 1.29 is 4.74 Å². The van der Waals surface area contributed by atoms with Gasteiger partial charge >= 0.3 is 0 Å². The Bertz CT molecular complexity index is 339. The van der Waals surface area contributed by atoms with E-state index in [1.54, 1.807) is 6.20 Å². The van der Waals surface area contributed by atoms with E-state index in [0.29, 0.717) is 23.6 Å². The van der Waals surface area contributed by atoms with Crippen molar-refractivity contribution in [3.63, 3.8) is 0 Å². The topological polar surface area (TPSA) is 34.1 Å². The molecule has 0 saturated heterocycles. The first-order valence-electron chi connectivity index (χ1n) is 5.30. The predicted octanol–water partition coefficient (Wildman–Crippen LogP) is 2.39. The molecule has 1 heterocycles. The lowest BCUT2D eigenvalue weighted by atomic mass is 10.2. The van der Waals surface area contributed by atoms with Crippen LogP contribution in [-0.4, -0.2) is 17.6 Å². The van der Waals surface area contributed by atoms with Crippen LogP contribution in [-0.2, 0) is 6.54 Å². The van der Waals surface area contributed by atoms with Crippen molar-refractivity contribution in [3.05, 3.63) is 22.8 Å². The maximum absolute atomic E-state index is 6.04.